The first kappa shape index (κ1) is 22.0. The maximum atomic E-state index is 13.5. The van der Waals surface area contributed by atoms with Crippen LogP contribution in [0.2, 0.25) is 5.02 Å². The molecule has 2 aromatic carbocycles. The van der Waals surface area contributed by atoms with Crippen LogP contribution < -0.4 is 0 Å². The third-order valence-electron chi connectivity index (χ3n) is 5.94. The lowest BCUT2D eigenvalue weighted by molar-refractivity contribution is -0.139. The zero-order valence-electron chi connectivity index (χ0n) is 18.4. The van der Waals surface area contributed by atoms with E-state index in [1.807, 2.05) is 49.6 Å². The van der Waals surface area contributed by atoms with Gasteiger partial charge < -0.3 is 4.57 Å². The van der Waals surface area contributed by atoms with Crippen LogP contribution in [0.5, 0.6) is 0 Å². The first-order valence-electron chi connectivity index (χ1n) is 10.7. The molecule has 3 aromatic rings. The molecule has 0 radical (unpaired) electrons. The van der Waals surface area contributed by atoms with Crippen LogP contribution in [0.4, 0.5) is 0 Å². The van der Waals surface area contributed by atoms with Crippen LogP contribution in [0.15, 0.2) is 48.5 Å². The van der Waals surface area contributed by atoms with Crippen molar-refractivity contribution >= 4 is 29.2 Å². The van der Waals surface area contributed by atoms with E-state index in [1.54, 1.807) is 18.2 Å². The topological polar surface area (TPSA) is 59.4 Å². The molecule has 5 nitrogen and oxygen atoms in total. The van der Waals surface area contributed by atoms with E-state index in [4.69, 9.17) is 11.6 Å². The van der Waals surface area contributed by atoms with Crippen molar-refractivity contribution in [1.29, 1.82) is 0 Å². The molecule has 164 valence electrons. The highest BCUT2D eigenvalue weighted by atomic mass is 35.5. The average Bonchev–Trinajstić information content (AvgIpc) is 3.26. The van der Waals surface area contributed by atoms with Gasteiger partial charge in [0.25, 0.3) is 0 Å². The SMILES string of the molecule is CCc1cc(C)n(-c2ccc(Cl)cc2C(=O)c2cccc(C)c2)c1CN1C(=O)CCC1=O. The molecule has 0 spiro atoms. The lowest BCUT2D eigenvalue weighted by atomic mass is 10.00. The zero-order valence-corrected chi connectivity index (χ0v) is 19.2. The minimum atomic E-state index is -0.158. The standard InChI is InChI=1S/C26H25ClN2O3/c1-4-18-13-17(3)29(23(18)15-28-24(30)10-11-25(28)31)22-9-8-20(27)14-21(22)26(32)19-7-5-6-16(2)12-19/h5-9,12-14H,4,10-11,15H2,1-3H3. The van der Waals surface area contributed by atoms with Crippen LogP contribution in [0.1, 0.15) is 58.2 Å². The van der Waals surface area contributed by atoms with Crippen LogP contribution >= 0.6 is 11.6 Å². The van der Waals surface area contributed by atoms with E-state index in [0.29, 0.717) is 21.8 Å². The maximum absolute atomic E-state index is 13.5. The summed E-state index contributed by atoms with van der Waals surface area (Å²) in [5, 5.41) is 0.469. The Bertz CT molecular complexity index is 1230. The first-order valence-corrected chi connectivity index (χ1v) is 11.1. The summed E-state index contributed by atoms with van der Waals surface area (Å²) < 4.78 is 1.98. The van der Waals surface area contributed by atoms with Gasteiger partial charge in [-0.15, -0.1) is 0 Å². The van der Waals surface area contributed by atoms with Crippen molar-refractivity contribution in [2.45, 2.75) is 46.6 Å². The van der Waals surface area contributed by atoms with Gasteiger partial charge >= 0.3 is 0 Å². The summed E-state index contributed by atoms with van der Waals surface area (Å²) in [6.07, 6.45) is 1.24. The fourth-order valence-electron chi connectivity index (χ4n) is 4.35. The molecule has 1 aliphatic rings. The van der Waals surface area contributed by atoms with E-state index in [1.165, 1.54) is 4.90 Å². The molecule has 0 atom stereocenters. The van der Waals surface area contributed by atoms with E-state index in [2.05, 4.69) is 6.07 Å². The van der Waals surface area contributed by atoms with Gasteiger partial charge in [-0.05, 0) is 56.2 Å². The molecule has 1 aliphatic heterocycles. The highest BCUT2D eigenvalue weighted by Gasteiger charge is 2.31. The van der Waals surface area contributed by atoms with Crippen LogP contribution in [0.25, 0.3) is 5.69 Å². The molecule has 2 amide bonds. The first-order chi connectivity index (χ1) is 15.3. The summed E-state index contributed by atoms with van der Waals surface area (Å²) in [4.78, 5) is 39.4. The van der Waals surface area contributed by atoms with Crippen LogP contribution in [-0.4, -0.2) is 27.1 Å². The number of carbonyl (C=O) groups excluding carboxylic acids is 3. The molecule has 0 aliphatic carbocycles. The van der Waals surface area contributed by atoms with Gasteiger partial charge in [0.15, 0.2) is 5.78 Å². The van der Waals surface area contributed by atoms with E-state index < -0.39 is 0 Å². The van der Waals surface area contributed by atoms with Crippen LogP contribution in [-0.2, 0) is 22.6 Å². The normalized spacial score (nSPS) is 13.8. The molecule has 1 fully saturated rings. The molecule has 0 saturated carbocycles. The molecular formula is C26H25ClN2O3. The largest absolute Gasteiger partial charge is 0.315 e. The van der Waals surface area contributed by atoms with Crippen molar-refractivity contribution in [3.05, 3.63) is 87.2 Å². The number of halogens is 1. The number of amides is 2. The number of hydrogen-bond donors (Lipinski definition) is 0. The predicted octanol–water partition coefficient (Wildman–Crippen LogP) is 5.19. The fourth-order valence-corrected chi connectivity index (χ4v) is 4.52. The fraction of sp³-hybridized carbons (Fsp3) is 0.269. The van der Waals surface area contributed by atoms with Crippen molar-refractivity contribution < 1.29 is 14.4 Å². The molecule has 0 N–H and O–H groups in total. The number of carbonyl (C=O) groups is 3. The smallest absolute Gasteiger partial charge is 0.230 e. The van der Waals surface area contributed by atoms with E-state index in [0.717, 1.165) is 28.9 Å². The van der Waals surface area contributed by atoms with Gasteiger partial charge in [-0.3, -0.25) is 19.3 Å². The average molecular weight is 449 g/mol. The maximum Gasteiger partial charge on any atom is 0.230 e. The van der Waals surface area contributed by atoms with Crippen LogP contribution in [0.3, 0.4) is 0 Å². The van der Waals surface area contributed by atoms with Crippen molar-refractivity contribution in [1.82, 2.24) is 9.47 Å². The van der Waals surface area contributed by atoms with Crippen molar-refractivity contribution in [3.8, 4) is 5.69 Å². The Hall–Kier alpha value is -3.18. The number of ketones is 1. The molecule has 1 saturated heterocycles. The Kier molecular flexibility index (Phi) is 6.02. The Morgan fingerprint density at radius 2 is 1.72 bits per heavy atom. The lowest BCUT2D eigenvalue weighted by Crippen LogP contribution is -2.30. The molecule has 0 unspecified atom stereocenters. The second-order valence-electron chi connectivity index (χ2n) is 8.18. The predicted molar refractivity (Wildman–Crippen MR) is 124 cm³/mol. The second kappa shape index (κ2) is 8.75. The van der Waals surface area contributed by atoms with E-state index >= 15 is 0 Å². The summed E-state index contributed by atoms with van der Waals surface area (Å²) in [5.74, 6) is -0.444. The highest BCUT2D eigenvalue weighted by Crippen LogP contribution is 2.30. The van der Waals surface area contributed by atoms with Gasteiger partial charge in [-0.1, -0.05) is 42.3 Å². The molecule has 2 heterocycles. The number of hydrogen-bond acceptors (Lipinski definition) is 3. The Morgan fingerprint density at radius 1 is 1.00 bits per heavy atom. The number of imide groups is 1. The third-order valence-corrected chi connectivity index (χ3v) is 6.18. The number of benzene rings is 2. The van der Waals surface area contributed by atoms with Gasteiger partial charge in [0, 0.05) is 40.4 Å². The van der Waals surface area contributed by atoms with E-state index in [9.17, 15) is 14.4 Å². The summed E-state index contributed by atoms with van der Waals surface area (Å²) in [7, 11) is 0. The van der Waals surface area contributed by atoms with Gasteiger partial charge in [-0.25, -0.2) is 0 Å². The number of aromatic nitrogens is 1. The number of aryl methyl sites for hydroxylation is 3. The Labute approximate surface area is 192 Å². The third kappa shape index (κ3) is 4.00. The number of likely N-dealkylation sites (tertiary alicyclic amines) is 1. The Morgan fingerprint density at radius 3 is 2.38 bits per heavy atom. The number of rotatable bonds is 6. The molecule has 6 heteroatoms. The summed E-state index contributed by atoms with van der Waals surface area (Å²) >= 11 is 6.30. The van der Waals surface area contributed by atoms with Gasteiger partial charge in [0.05, 0.1) is 12.2 Å². The molecule has 0 bridgehead atoms. The minimum Gasteiger partial charge on any atom is -0.315 e. The zero-order chi connectivity index (χ0) is 23.0. The lowest BCUT2D eigenvalue weighted by Gasteiger charge is -2.20. The van der Waals surface area contributed by atoms with Gasteiger partial charge in [0.1, 0.15) is 0 Å². The molecular weight excluding hydrogens is 424 g/mol. The van der Waals surface area contributed by atoms with Crippen molar-refractivity contribution in [2.75, 3.05) is 0 Å². The summed E-state index contributed by atoms with van der Waals surface area (Å²) in [5.41, 5.74) is 5.55. The number of nitrogens with zero attached hydrogens (tertiary/aromatic N) is 2. The molecule has 1 aromatic heterocycles. The highest BCUT2D eigenvalue weighted by molar-refractivity contribution is 6.31. The minimum absolute atomic E-state index is 0.128. The van der Waals surface area contributed by atoms with Gasteiger partial charge in [0.2, 0.25) is 11.8 Å². The quantitative estimate of drug-likeness (QED) is 0.385. The summed E-state index contributed by atoms with van der Waals surface area (Å²) in [6, 6.07) is 14.8. The molecule has 4 rings (SSSR count). The van der Waals surface area contributed by atoms with Gasteiger partial charge in [-0.2, -0.15) is 0 Å². The van der Waals surface area contributed by atoms with E-state index in [-0.39, 0.29) is 37.0 Å². The molecule has 32 heavy (non-hydrogen) atoms. The van der Waals surface area contributed by atoms with Crippen molar-refractivity contribution in [3.63, 3.8) is 0 Å². The monoisotopic (exact) mass is 448 g/mol. The summed E-state index contributed by atoms with van der Waals surface area (Å²) in [6.45, 7) is 6.14. The van der Waals surface area contributed by atoms with Crippen LogP contribution in [0, 0.1) is 13.8 Å². The second-order valence-corrected chi connectivity index (χ2v) is 8.62. The Balaban J connectivity index is 1.87. The van der Waals surface area contributed by atoms with Crippen molar-refractivity contribution in [2.24, 2.45) is 0 Å².